The van der Waals surface area contributed by atoms with E-state index in [0.717, 1.165) is 23.4 Å². The van der Waals surface area contributed by atoms with E-state index in [0.29, 0.717) is 34.7 Å². The third kappa shape index (κ3) is 4.55. The van der Waals surface area contributed by atoms with Gasteiger partial charge in [0.1, 0.15) is 23.7 Å². The number of aryl methyl sites for hydroxylation is 1. The average molecular weight is 452 g/mol. The Labute approximate surface area is 193 Å². The van der Waals surface area contributed by atoms with Crippen LogP contribution < -0.4 is 10.1 Å². The molecule has 0 saturated heterocycles. The van der Waals surface area contributed by atoms with Crippen molar-refractivity contribution in [1.82, 2.24) is 15.6 Å². The van der Waals surface area contributed by atoms with E-state index in [4.69, 9.17) is 14.1 Å². The first-order chi connectivity index (χ1) is 15.7. The number of hydrogen-bond donors (Lipinski definition) is 1. The highest BCUT2D eigenvalue weighted by molar-refractivity contribution is 6.04. The third-order valence-electron chi connectivity index (χ3n) is 6.07. The van der Waals surface area contributed by atoms with E-state index in [1.54, 1.807) is 13.8 Å². The summed E-state index contributed by atoms with van der Waals surface area (Å²) in [4.78, 5) is 26.2. The summed E-state index contributed by atoms with van der Waals surface area (Å²) in [7, 11) is 0. The van der Waals surface area contributed by atoms with Crippen molar-refractivity contribution in [2.24, 2.45) is 5.41 Å². The number of allylic oxidation sites excluding steroid dienone is 3. The van der Waals surface area contributed by atoms with Crippen LogP contribution in [0.4, 0.5) is 0 Å². The maximum atomic E-state index is 13.3. The first-order valence-electron chi connectivity index (χ1n) is 11.1. The molecule has 1 aromatic heterocycles. The monoisotopic (exact) mass is 451 g/mol. The highest BCUT2D eigenvalue weighted by Gasteiger charge is 2.43. The molecule has 4 rings (SSSR count). The molecule has 0 bridgehead atoms. The number of carbonyl (C=O) groups excluding carboxylic acids is 2. The molecule has 2 aromatic rings. The van der Waals surface area contributed by atoms with E-state index in [-0.39, 0.29) is 24.4 Å². The van der Waals surface area contributed by atoms with Crippen LogP contribution in [0.3, 0.4) is 0 Å². The van der Waals surface area contributed by atoms with E-state index in [1.165, 1.54) is 0 Å². The number of ether oxygens (including phenoxy) is 2. The number of carbonyl (C=O) groups is 2. The van der Waals surface area contributed by atoms with Crippen LogP contribution >= 0.6 is 0 Å². The van der Waals surface area contributed by atoms with Gasteiger partial charge in [-0.15, -0.1) is 0 Å². The van der Waals surface area contributed by atoms with E-state index >= 15 is 0 Å². The summed E-state index contributed by atoms with van der Waals surface area (Å²) in [5.74, 6) is -0.202. The van der Waals surface area contributed by atoms with Crippen LogP contribution in [0.15, 0.2) is 51.4 Å². The molecule has 0 radical (unpaired) electrons. The number of nitrogens with one attached hydrogen (secondary N) is 1. The van der Waals surface area contributed by atoms with E-state index in [1.807, 2.05) is 31.2 Å². The molecular formula is C25H29N3O5. The molecule has 1 unspecified atom stereocenters. The molecule has 1 aromatic carbocycles. The lowest BCUT2D eigenvalue weighted by molar-refractivity contribution is -0.138. The molecule has 0 saturated carbocycles. The number of ketones is 1. The van der Waals surface area contributed by atoms with Crippen LogP contribution in [0.1, 0.15) is 63.4 Å². The summed E-state index contributed by atoms with van der Waals surface area (Å²) < 4.78 is 15.9. The molecule has 0 fully saturated rings. The van der Waals surface area contributed by atoms with Crippen molar-refractivity contribution >= 4 is 11.8 Å². The topological polar surface area (TPSA) is 104 Å². The molecule has 1 aliphatic carbocycles. The second-order valence-corrected chi connectivity index (χ2v) is 9.30. The van der Waals surface area contributed by atoms with Gasteiger partial charge in [-0.1, -0.05) is 36.3 Å². The number of Topliss-reactive ketones (excluding diaryl/α,β-unsaturated/α-hetero) is 1. The molecule has 2 heterocycles. The van der Waals surface area contributed by atoms with Crippen LogP contribution in [-0.2, 0) is 20.9 Å². The number of benzene rings is 1. The van der Waals surface area contributed by atoms with Gasteiger partial charge in [0, 0.05) is 29.3 Å². The number of hydrogen-bond acceptors (Lipinski definition) is 8. The van der Waals surface area contributed by atoms with Crippen molar-refractivity contribution in [3.8, 4) is 5.75 Å². The summed E-state index contributed by atoms with van der Waals surface area (Å²) in [5.41, 5.74) is 4.75. The van der Waals surface area contributed by atoms with Crippen molar-refractivity contribution in [3.05, 3.63) is 63.8 Å². The van der Waals surface area contributed by atoms with Gasteiger partial charge in [0.15, 0.2) is 5.78 Å². The zero-order valence-corrected chi connectivity index (χ0v) is 19.7. The Morgan fingerprint density at radius 2 is 1.91 bits per heavy atom. The predicted octanol–water partition coefficient (Wildman–Crippen LogP) is 4.12. The zero-order chi connectivity index (χ0) is 23.8. The van der Waals surface area contributed by atoms with Gasteiger partial charge in [-0.3, -0.25) is 4.79 Å². The van der Waals surface area contributed by atoms with Gasteiger partial charge in [0.25, 0.3) is 0 Å². The first-order valence-corrected chi connectivity index (χ1v) is 11.1. The zero-order valence-electron chi connectivity index (χ0n) is 19.7. The SMILES string of the molecule is CCOC(=O)C1=C(C)NC2=C(C(=O)CC(C)(C)C2)C1c1ccc(OCc2nonc2C)cc1. The van der Waals surface area contributed by atoms with Crippen molar-refractivity contribution in [2.45, 2.75) is 60.0 Å². The Balaban J connectivity index is 1.68. The maximum absolute atomic E-state index is 13.3. The second kappa shape index (κ2) is 8.84. The van der Waals surface area contributed by atoms with Crippen LogP contribution in [0.2, 0.25) is 0 Å². The standard InChI is InChI=1S/C25H29N3O5/c1-6-31-24(30)21-15(3)26-18-11-25(4,5)12-20(29)23(18)22(21)16-7-9-17(10-8-16)32-13-19-14(2)27-33-28-19/h7-10,22,26H,6,11-13H2,1-5H3. The van der Waals surface area contributed by atoms with Gasteiger partial charge in [0.2, 0.25) is 0 Å². The van der Waals surface area contributed by atoms with Gasteiger partial charge in [-0.2, -0.15) is 0 Å². The fourth-order valence-electron chi connectivity index (χ4n) is 4.54. The summed E-state index contributed by atoms with van der Waals surface area (Å²) in [5, 5.41) is 10.9. The normalized spacial score (nSPS) is 19.8. The first kappa shape index (κ1) is 22.8. The Hall–Kier alpha value is -3.42. The van der Waals surface area contributed by atoms with Gasteiger partial charge in [-0.25, -0.2) is 9.42 Å². The van der Waals surface area contributed by atoms with Crippen molar-refractivity contribution in [1.29, 1.82) is 0 Å². The van der Waals surface area contributed by atoms with Crippen molar-refractivity contribution in [3.63, 3.8) is 0 Å². The fraction of sp³-hybridized carbons (Fsp3) is 0.440. The largest absolute Gasteiger partial charge is 0.487 e. The third-order valence-corrected chi connectivity index (χ3v) is 6.07. The lowest BCUT2D eigenvalue weighted by Crippen LogP contribution is -2.38. The fourth-order valence-corrected chi connectivity index (χ4v) is 4.54. The van der Waals surface area contributed by atoms with E-state index in [2.05, 4.69) is 29.5 Å². The van der Waals surface area contributed by atoms with Gasteiger partial charge < -0.3 is 14.8 Å². The molecule has 8 heteroatoms. The highest BCUT2D eigenvalue weighted by Crippen LogP contribution is 2.46. The summed E-state index contributed by atoms with van der Waals surface area (Å²) in [6.45, 7) is 10.1. The number of dihydropyridines is 1. The molecule has 0 spiro atoms. The molecule has 1 aliphatic heterocycles. The number of nitrogens with zero attached hydrogens (tertiary/aromatic N) is 2. The Morgan fingerprint density at radius 3 is 2.55 bits per heavy atom. The molecule has 33 heavy (non-hydrogen) atoms. The smallest absolute Gasteiger partial charge is 0.336 e. The molecule has 8 nitrogen and oxygen atoms in total. The van der Waals surface area contributed by atoms with E-state index in [9.17, 15) is 9.59 Å². The van der Waals surface area contributed by atoms with Gasteiger partial charge in [0.05, 0.1) is 12.2 Å². The van der Waals surface area contributed by atoms with Crippen LogP contribution in [-0.4, -0.2) is 28.7 Å². The van der Waals surface area contributed by atoms with Gasteiger partial charge >= 0.3 is 5.97 Å². The molecule has 2 aliphatic rings. The summed E-state index contributed by atoms with van der Waals surface area (Å²) >= 11 is 0. The lowest BCUT2D eigenvalue weighted by atomic mass is 9.68. The minimum absolute atomic E-state index is 0.0578. The van der Waals surface area contributed by atoms with Crippen LogP contribution in [0.25, 0.3) is 0 Å². The second-order valence-electron chi connectivity index (χ2n) is 9.30. The number of rotatable bonds is 6. The molecular weight excluding hydrogens is 422 g/mol. The highest BCUT2D eigenvalue weighted by atomic mass is 16.6. The van der Waals surface area contributed by atoms with Crippen molar-refractivity contribution < 1.29 is 23.7 Å². The number of aromatic nitrogens is 2. The maximum Gasteiger partial charge on any atom is 0.336 e. The van der Waals surface area contributed by atoms with Crippen LogP contribution in [0.5, 0.6) is 5.75 Å². The Morgan fingerprint density at radius 1 is 1.18 bits per heavy atom. The van der Waals surface area contributed by atoms with Crippen LogP contribution in [0, 0.1) is 12.3 Å². The van der Waals surface area contributed by atoms with E-state index < -0.39 is 11.9 Å². The Bertz CT molecular complexity index is 1140. The molecule has 1 N–H and O–H groups in total. The summed E-state index contributed by atoms with van der Waals surface area (Å²) in [6, 6.07) is 7.44. The lowest BCUT2D eigenvalue weighted by Gasteiger charge is -2.39. The van der Waals surface area contributed by atoms with Gasteiger partial charge in [-0.05, 0) is 50.3 Å². The number of esters is 1. The predicted molar refractivity (Wildman–Crippen MR) is 120 cm³/mol. The summed E-state index contributed by atoms with van der Waals surface area (Å²) in [6.07, 6.45) is 1.18. The molecule has 0 amide bonds. The average Bonchev–Trinajstić information content (AvgIpc) is 3.15. The molecule has 1 atom stereocenters. The minimum atomic E-state index is -0.486. The minimum Gasteiger partial charge on any atom is -0.487 e. The molecule has 174 valence electrons. The quantitative estimate of drug-likeness (QED) is 0.654. The van der Waals surface area contributed by atoms with Crippen molar-refractivity contribution in [2.75, 3.05) is 6.61 Å². The Kier molecular flexibility index (Phi) is 6.10.